The Kier molecular flexibility index (Phi) is 5.34. The molecule has 3 rings (SSSR count). The maximum atomic E-state index is 13.1. The van der Waals surface area contributed by atoms with E-state index >= 15 is 0 Å². The van der Waals surface area contributed by atoms with Gasteiger partial charge in [-0.25, -0.2) is 4.39 Å². The van der Waals surface area contributed by atoms with Crippen molar-refractivity contribution >= 4 is 5.91 Å². The molecular weight excluding hydrogens is 321 g/mol. The number of carbonyl (C=O) groups excluding carboxylic acids is 1. The minimum atomic E-state index is -0.556. The van der Waals surface area contributed by atoms with E-state index < -0.39 is 6.10 Å². The molecule has 1 heterocycles. The zero-order valence-corrected chi connectivity index (χ0v) is 14.2. The van der Waals surface area contributed by atoms with Crippen LogP contribution in [0.25, 0.3) is 0 Å². The van der Waals surface area contributed by atoms with Gasteiger partial charge >= 0.3 is 0 Å². The summed E-state index contributed by atoms with van der Waals surface area (Å²) in [7, 11) is 0. The van der Waals surface area contributed by atoms with E-state index in [1.165, 1.54) is 12.1 Å². The van der Waals surface area contributed by atoms with E-state index in [1.807, 2.05) is 31.2 Å². The van der Waals surface area contributed by atoms with Crippen LogP contribution in [0.4, 0.5) is 4.39 Å². The minimum absolute atomic E-state index is 0.0463. The highest BCUT2D eigenvalue weighted by Crippen LogP contribution is 2.32. The van der Waals surface area contributed by atoms with Gasteiger partial charge in [-0.2, -0.15) is 0 Å². The summed E-state index contributed by atoms with van der Waals surface area (Å²) in [6, 6.07) is 13.4. The highest BCUT2D eigenvalue weighted by atomic mass is 19.1. The fraction of sp³-hybridized carbons (Fsp3) is 0.350. The number of ether oxygens (including phenoxy) is 1. The molecule has 1 amide bonds. The molecule has 0 saturated carbocycles. The maximum absolute atomic E-state index is 13.1. The van der Waals surface area contributed by atoms with Crippen LogP contribution in [0, 0.1) is 5.82 Å². The van der Waals surface area contributed by atoms with E-state index in [0.29, 0.717) is 19.6 Å². The van der Waals surface area contributed by atoms with Crippen molar-refractivity contribution in [3.8, 4) is 5.75 Å². The molecule has 1 N–H and O–H groups in total. The van der Waals surface area contributed by atoms with Gasteiger partial charge in [0.15, 0.2) is 0 Å². The van der Waals surface area contributed by atoms with Crippen molar-refractivity contribution in [2.75, 3.05) is 13.2 Å². The second-order valence-corrected chi connectivity index (χ2v) is 6.26. The number of aliphatic hydroxyl groups excluding tert-OH is 1. The molecule has 2 aromatic carbocycles. The van der Waals surface area contributed by atoms with Crippen LogP contribution in [0.3, 0.4) is 0 Å². The first kappa shape index (κ1) is 17.4. The molecule has 2 aromatic rings. The Hall–Kier alpha value is -2.40. The zero-order chi connectivity index (χ0) is 17.8. The molecule has 132 valence electrons. The fourth-order valence-corrected chi connectivity index (χ4v) is 3.24. The Bertz CT molecular complexity index is 715. The minimum Gasteiger partial charge on any atom is -0.494 e. The third-order valence-electron chi connectivity index (χ3n) is 4.44. The molecule has 4 nitrogen and oxygen atoms in total. The Morgan fingerprint density at radius 2 is 1.88 bits per heavy atom. The number of hydrogen-bond acceptors (Lipinski definition) is 3. The first-order valence-electron chi connectivity index (χ1n) is 8.51. The number of benzene rings is 2. The van der Waals surface area contributed by atoms with E-state index in [1.54, 1.807) is 17.0 Å². The van der Waals surface area contributed by atoms with Gasteiger partial charge in [0.1, 0.15) is 11.6 Å². The number of halogens is 1. The van der Waals surface area contributed by atoms with Crippen molar-refractivity contribution in [3.63, 3.8) is 0 Å². The number of carbonyl (C=O) groups is 1. The number of nitrogens with zero attached hydrogens (tertiary/aromatic N) is 1. The molecular formula is C20H22FNO3. The van der Waals surface area contributed by atoms with Crippen LogP contribution >= 0.6 is 0 Å². The van der Waals surface area contributed by atoms with E-state index in [0.717, 1.165) is 16.9 Å². The first-order valence-corrected chi connectivity index (χ1v) is 8.51. The fourth-order valence-electron chi connectivity index (χ4n) is 3.24. The van der Waals surface area contributed by atoms with E-state index in [9.17, 15) is 14.3 Å². The van der Waals surface area contributed by atoms with Crippen LogP contribution in [0.2, 0.25) is 0 Å². The predicted molar refractivity (Wildman–Crippen MR) is 92.8 cm³/mol. The summed E-state index contributed by atoms with van der Waals surface area (Å²) in [5.41, 5.74) is 1.74. The molecule has 0 bridgehead atoms. The molecule has 0 radical (unpaired) electrons. The normalized spacial score (nSPS) is 19.9. The summed E-state index contributed by atoms with van der Waals surface area (Å²) < 4.78 is 18.5. The van der Waals surface area contributed by atoms with Crippen LogP contribution in [-0.2, 0) is 11.2 Å². The van der Waals surface area contributed by atoms with Gasteiger partial charge in [0.2, 0.25) is 5.91 Å². The molecule has 0 unspecified atom stereocenters. The van der Waals surface area contributed by atoms with Gasteiger partial charge in [-0.1, -0.05) is 24.3 Å². The summed E-state index contributed by atoms with van der Waals surface area (Å²) in [5, 5.41) is 10.0. The number of β-amino-alcohol motifs (C(OH)–C–C–N with tert-alkyl or cyclic N) is 1. The summed E-state index contributed by atoms with van der Waals surface area (Å²) in [5.74, 6) is 0.420. The molecule has 1 aliphatic heterocycles. The largest absolute Gasteiger partial charge is 0.494 e. The van der Waals surface area contributed by atoms with Crippen molar-refractivity contribution < 1.29 is 19.0 Å². The number of amides is 1. The average Bonchev–Trinajstić information content (AvgIpc) is 2.99. The van der Waals surface area contributed by atoms with E-state index in [2.05, 4.69) is 0 Å². The monoisotopic (exact) mass is 343 g/mol. The molecule has 2 atom stereocenters. The number of rotatable bonds is 5. The lowest BCUT2D eigenvalue weighted by molar-refractivity contribution is -0.131. The summed E-state index contributed by atoms with van der Waals surface area (Å²) in [4.78, 5) is 14.4. The lowest BCUT2D eigenvalue weighted by Crippen LogP contribution is -2.33. The molecule has 0 aromatic heterocycles. The third kappa shape index (κ3) is 4.17. The number of hydrogen-bond donors (Lipinski definition) is 1. The van der Waals surface area contributed by atoms with Crippen LogP contribution in [0.1, 0.15) is 30.5 Å². The van der Waals surface area contributed by atoms with Crippen molar-refractivity contribution in [1.82, 2.24) is 4.90 Å². The van der Waals surface area contributed by atoms with Crippen molar-refractivity contribution in [2.45, 2.75) is 31.9 Å². The summed E-state index contributed by atoms with van der Waals surface area (Å²) in [6.45, 7) is 2.83. The second-order valence-electron chi connectivity index (χ2n) is 6.26. The predicted octanol–water partition coefficient (Wildman–Crippen LogP) is 3.10. The Morgan fingerprint density at radius 3 is 2.52 bits per heavy atom. The highest BCUT2D eigenvalue weighted by molar-refractivity contribution is 5.79. The highest BCUT2D eigenvalue weighted by Gasteiger charge is 2.35. The van der Waals surface area contributed by atoms with Gasteiger partial charge in [0, 0.05) is 6.54 Å². The van der Waals surface area contributed by atoms with Gasteiger partial charge in [-0.05, 0) is 48.7 Å². The van der Waals surface area contributed by atoms with E-state index in [-0.39, 0.29) is 24.2 Å². The Morgan fingerprint density at radius 1 is 1.20 bits per heavy atom. The van der Waals surface area contributed by atoms with Gasteiger partial charge < -0.3 is 14.7 Å². The van der Waals surface area contributed by atoms with Gasteiger partial charge in [-0.3, -0.25) is 4.79 Å². The van der Waals surface area contributed by atoms with Crippen LogP contribution in [0.5, 0.6) is 5.75 Å². The SMILES string of the molecule is CCOc1ccc(CC(=O)N2C[C@H](O)C[C@@H]2c2ccc(F)cc2)cc1. The number of aliphatic hydroxyl groups is 1. The first-order chi connectivity index (χ1) is 12.1. The quantitative estimate of drug-likeness (QED) is 0.908. The van der Waals surface area contributed by atoms with Crippen LogP contribution < -0.4 is 4.74 Å². The molecule has 1 aliphatic rings. The standard InChI is InChI=1S/C20H22FNO3/c1-2-25-18-9-3-14(4-10-18)11-20(24)22-13-17(23)12-19(22)15-5-7-16(21)8-6-15/h3-10,17,19,23H,2,11-13H2,1H3/t17-,19-/m1/s1. The van der Waals surface area contributed by atoms with Gasteiger partial charge in [0.05, 0.1) is 25.2 Å². The maximum Gasteiger partial charge on any atom is 0.227 e. The third-order valence-corrected chi connectivity index (χ3v) is 4.44. The molecule has 1 saturated heterocycles. The van der Waals surface area contributed by atoms with Crippen molar-refractivity contribution in [1.29, 1.82) is 0 Å². The van der Waals surface area contributed by atoms with E-state index in [4.69, 9.17) is 4.74 Å². The van der Waals surface area contributed by atoms with Crippen molar-refractivity contribution in [3.05, 3.63) is 65.5 Å². The molecule has 5 heteroatoms. The topological polar surface area (TPSA) is 49.8 Å². The lowest BCUT2D eigenvalue weighted by atomic mass is 10.0. The summed E-state index contributed by atoms with van der Waals surface area (Å²) in [6.07, 6.45) is 0.177. The van der Waals surface area contributed by atoms with Crippen molar-refractivity contribution in [2.24, 2.45) is 0 Å². The Balaban J connectivity index is 1.71. The van der Waals surface area contributed by atoms with Gasteiger partial charge in [-0.15, -0.1) is 0 Å². The molecule has 0 aliphatic carbocycles. The summed E-state index contributed by atoms with van der Waals surface area (Å²) >= 11 is 0. The molecule has 25 heavy (non-hydrogen) atoms. The van der Waals surface area contributed by atoms with Crippen LogP contribution in [0.15, 0.2) is 48.5 Å². The smallest absolute Gasteiger partial charge is 0.227 e. The number of likely N-dealkylation sites (tertiary alicyclic amines) is 1. The Labute approximate surface area is 146 Å². The molecule has 1 fully saturated rings. The van der Waals surface area contributed by atoms with Crippen LogP contribution in [-0.4, -0.2) is 35.2 Å². The van der Waals surface area contributed by atoms with Gasteiger partial charge in [0.25, 0.3) is 0 Å². The molecule has 0 spiro atoms. The zero-order valence-electron chi connectivity index (χ0n) is 14.2. The second kappa shape index (κ2) is 7.66. The average molecular weight is 343 g/mol. The lowest BCUT2D eigenvalue weighted by Gasteiger charge is -2.25.